The van der Waals surface area contributed by atoms with Crippen LogP contribution >= 0.6 is 11.8 Å². The molecule has 0 amide bonds. The Hall–Kier alpha value is -2.53. The molecule has 0 aliphatic heterocycles. The number of benzene rings is 2. The van der Waals surface area contributed by atoms with Gasteiger partial charge in [0, 0.05) is 11.1 Å². The average Bonchev–Trinajstić information content (AvgIpc) is 3.08. The summed E-state index contributed by atoms with van der Waals surface area (Å²) < 4.78 is 7.90. The molecule has 0 fully saturated rings. The molecule has 0 aliphatic carbocycles. The minimum absolute atomic E-state index is 0.743. The molecule has 5 heteroatoms. The summed E-state index contributed by atoms with van der Waals surface area (Å²) in [6.07, 6.45) is 2.11. The fourth-order valence-corrected chi connectivity index (χ4v) is 3.99. The van der Waals surface area contributed by atoms with Gasteiger partial charge in [-0.1, -0.05) is 48.2 Å². The normalized spacial score (nSPS) is 11.3. The summed E-state index contributed by atoms with van der Waals surface area (Å²) in [7, 11) is 0. The van der Waals surface area contributed by atoms with Gasteiger partial charge in [0.15, 0.2) is 10.8 Å². The van der Waals surface area contributed by atoms with Gasteiger partial charge < -0.3 is 4.74 Å². The van der Waals surface area contributed by atoms with Gasteiger partial charge in [0.25, 0.3) is 0 Å². The minimum atomic E-state index is 0.743. The summed E-state index contributed by atoms with van der Waals surface area (Å²) in [5, 5.41) is 11.0. The first kappa shape index (κ1) is 16.9. The van der Waals surface area contributed by atoms with E-state index in [1.807, 2.05) is 30.3 Å². The lowest BCUT2D eigenvalue weighted by molar-refractivity contribution is 0.310. The zero-order valence-corrected chi connectivity index (χ0v) is 15.6. The van der Waals surface area contributed by atoms with Crippen LogP contribution in [0.4, 0.5) is 0 Å². The van der Waals surface area contributed by atoms with E-state index in [9.17, 15) is 0 Å². The van der Waals surface area contributed by atoms with Crippen molar-refractivity contribution in [3.05, 3.63) is 66.2 Å². The second-order valence-corrected chi connectivity index (χ2v) is 7.30. The Morgan fingerprint density at radius 3 is 2.65 bits per heavy atom. The van der Waals surface area contributed by atoms with Gasteiger partial charge >= 0.3 is 0 Å². The van der Waals surface area contributed by atoms with Crippen molar-refractivity contribution in [3.8, 4) is 5.75 Å². The van der Waals surface area contributed by atoms with E-state index in [0.29, 0.717) is 0 Å². The van der Waals surface area contributed by atoms with Crippen LogP contribution in [0.5, 0.6) is 5.75 Å². The van der Waals surface area contributed by atoms with Crippen molar-refractivity contribution < 1.29 is 4.74 Å². The van der Waals surface area contributed by atoms with Crippen molar-refractivity contribution in [1.82, 2.24) is 14.6 Å². The van der Waals surface area contributed by atoms with Gasteiger partial charge in [0.05, 0.1) is 12.1 Å². The van der Waals surface area contributed by atoms with Crippen LogP contribution in [0, 0.1) is 6.92 Å². The highest BCUT2D eigenvalue weighted by atomic mass is 32.2. The van der Waals surface area contributed by atoms with E-state index >= 15 is 0 Å². The van der Waals surface area contributed by atoms with E-state index < -0.39 is 0 Å². The Labute approximate surface area is 157 Å². The van der Waals surface area contributed by atoms with Gasteiger partial charge in [0.2, 0.25) is 0 Å². The lowest BCUT2D eigenvalue weighted by Gasteiger charge is -2.07. The predicted octanol–water partition coefficient (Wildman–Crippen LogP) is 5.14. The van der Waals surface area contributed by atoms with Crippen LogP contribution in [0.25, 0.3) is 16.6 Å². The highest BCUT2D eigenvalue weighted by molar-refractivity contribution is 7.99. The first-order valence-electron chi connectivity index (χ1n) is 8.87. The molecule has 4 rings (SSSR count). The quantitative estimate of drug-likeness (QED) is 0.337. The molecule has 0 bridgehead atoms. The van der Waals surface area contributed by atoms with Crippen molar-refractivity contribution in [3.63, 3.8) is 0 Å². The summed E-state index contributed by atoms with van der Waals surface area (Å²) in [5.74, 6) is 1.94. The third-order valence-electron chi connectivity index (χ3n) is 4.36. The van der Waals surface area contributed by atoms with Gasteiger partial charge in [-0.15, -0.1) is 10.2 Å². The van der Waals surface area contributed by atoms with E-state index in [2.05, 4.69) is 51.9 Å². The topological polar surface area (TPSA) is 39.4 Å². The molecule has 4 aromatic rings. The molecule has 0 saturated carbocycles. The predicted molar refractivity (Wildman–Crippen MR) is 107 cm³/mol. The van der Waals surface area contributed by atoms with Gasteiger partial charge in [-0.2, -0.15) is 0 Å². The number of nitrogens with zero attached hydrogens (tertiary/aromatic N) is 3. The summed E-state index contributed by atoms with van der Waals surface area (Å²) in [4.78, 5) is 0. The van der Waals surface area contributed by atoms with E-state index in [4.69, 9.17) is 4.74 Å². The summed E-state index contributed by atoms with van der Waals surface area (Å²) in [6, 6.07) is 20.5. The van der Waals surface area contributed by atoms with Crippen LogP contribution in [0.3, 0.4) is 0 Å². The molecule has 2 aromatic carbocycles. The molecule has 2 aromatic heterocycles. The molecule has 132 valence electrons. The number of aryl methyl sites for hydroxylation is 1. The molecule has 0 saturated heterocycles. The molecular formula is C21H21N3OS. The number of para-hydroxylation sites is 2. The lowest BCUT2D eigenvalue weighted by atomic mass is 10.1. The maximum absolute atomic E-state index is 5.74. The van der Waals surface area contributed by atoms with Crippen LogP contribution < -0.4 is 4.74 Å². The number of unbranched alkanes of at least 4 members (excludes halogenated alkanes) is 1. The first-order valence-corrected chi connectivity index (χ1v) is 9.85. The van der Waals surface area contributed by atoms with Crippen LogP contribution in [0.1, 0.15) is 18.4 Å². The lowest BCUT2D eigenvalue weighted by Crippen LogP contribution is -1.98. The van der Waals surface area contributed by atoms with Gasteiger partial charge in [-0.05, 0) is 49.6 Å². The number of hydrogen-bond acceptors (Lipinski definition) is 4. The number of pyridine rings is 1. The van der Waals surface area contributed by atoms with Gasteiger partial charge in [0.1, 0.15) is 5.75 Å². The third kappa shape index (κ3) is 3.53. The molecule has 0 N–H and O–H groups in total. The smallest absolute Gasteiger partial charge is 0.196 e. The van der Waals surface area contributed by atoms with Gasteiger partial charge in [-0.25, -0.2) is 0 Å². The molecule has 0 radical (unpaired) electrons. The van der Waals surface area contributed by atoms with E-state index in [1.165, 1.54) is 16.5 Å². The average molecular weight is 363 g/mol. The van der Waals surface area contributed by atoms with Crippen molar-refractivity contribution in [2.24, 2.45) is 0 Å². The van der Waals surface area contributed by atoms with Gasteiger partial charge in [-0.3, -0.25) is 4.40 Å². The molecule has 2 heterocycles. The monoisotopic (exact) mass is 363 g/mol. The number of aromatic nitrogens is 3. The summed E-state index contributed by atoms with van der Waals surface area (Å²) >= 11 is 1.76. The van der Waals surface area contributed by atoms with Crippen LogP contribution in [-0.4, -0.2) is 27.0 Å². The SMILES string of the molecule is Cc1cc2nnc(SCCCCOc3ccccc3)n2c2ccccc12. The molecule has 0 aliphatic rings. The molecule has 4 nitrogen and oxygen atoms in total. The Bertz CT molecular complexity index is 1010. The van der Waals surface area contributed by atoms with E-state index in [-0.39, 0.29) is 0 Å². The van der Waals surface area contributed by atoms with Crippen molar-refractivity contribution in [2.45, 2.75) is 24.9 Å². The number of ether oxygens (including phenoxy) is 1. The Morgan fingerprint density at radius 1 is 0.962 bits per heavy atom. The van der Waals surface area contributed by atoms with Crippen LogP contribution in [0.2, 0.25) is 0 Å². The molecule has 0 spiro atoms. The highest BCUT2D eigenvalue weighted by Gasteiger charge is 2.11. The number of hydrogen-bond donors (Lipinski definition) is 0. The molecular weight excluding hydrogens is 342 g/mol. The fourth-order valence-electron chi connectivity index (χ4n) is 3.04. The minimum Gasteiger partial charge on any atom is -0.494 e. The van der Waals surface area contributed by atoms with Crippen molar-refractivity contribution in [2.75, 3.05) is 12.4 Å². The molecule has 0 unspecified atom stereocenters. The first-order chi connectivity index (χ1) is 12.8. The zero-order chi connectivity index (χ0) is 17.8. The maximum atomic E-state index is 5.74. The third-order valence-corrected chi connectivity index (χ3v) is 5.37. The highest BCUT2D eigenvalue weighted by Crippen LogP contribution is 2.26. The Balaban J connectivity index is 1.38. The second kappa shape index (κ2) is 7.79. The number of thioether (sulfide) groups is 1. The largest absolute Gasteiger partial charge is 0.494 e. The Morgan fingerprint density at radius 2 is 1.77 bits per heavy atom. The van der Waals surface area contributed by atoms with E-state index in [1.54, 1.807) is 11.8 Å². The number of fused-ring (bicyclic) bond motifs is 3. The van der Waals surface area contributed by atoms with Crippen LogP contribution in [0.15, 0.2) is 65.8 Å². The summed E-state index contributed by atoms with van der Waals surface area (Å²) in [5.41, 5.74) is 3.31. The van der Waals surface area contributed by atoms with E-state index in [0.717, 1.165) is 41.8 Å². The molecule has 26 heavy (non-hydrogen) atoms. The maximum Gasteiger partial charge on any atom is 0.196 e. The number of rotatable bonds is 7. The van der Waals surface area contributed by atoms with Crippen molar-refractivity contribution >= 4 is 28.3 Å². The Kier molecular flexibility index (Phi) is 5.07. The second-order valence-electron chi connectivity index (χ2n) is 6.24. The fraction of sp³-hybridized carbons (Fsp3) is 0.238. The summed E-state index contributed by atoms with van der Waals surface area (Å²) in [6.45, 7) is 2.86. The standard InChI is InChI=1S/C21H21N3OS/c1-16-15-20-22-23-21(24(20)19-12-6-5-11-18(16)19)26-14-8-7-13-25-17-9-3-2-4-10-17/h2-6,9-12,15H,7-8,13-14H2,1H3. The zero-order valence-electron chi connectivity index (χ0n) is 14.8. The molecule has 0 atom stereocenters. The van der Waals surface area contributed by atoms with Crippen LogP contribution in [-0.2, 0) is 0 Å². The van der Waals surface area contributed by atoms with Crippen molar-refractivity contribution in [1.29, 1.82) is 0 Å².